The fourth-order valence-electron chi connectivity index (χ4n) is 4.49. The molecule has 1 saturated carbocycles. The van der Waals surface area contributed by atoms with Gasteiger partial charge in [0.2, 0.25) is 0 Å². The number of ether oxygens (including phenoxy) is 1. The number of rotatable bonds is 2. The minimum absolute atomic E-state index is 0.373. The van der Waals surface area contributed by atoms with Crippen LogP contribution in [0.3, 0.4) is 0 Å². The Balaban J connectivity index is 1.49. The lowest BCUT2D eigenvalue weighted by Crippen LogP contribution is -2.54. The van der Waals surface area contributed by atoms with Crippen LogP contribution in [-0.4, -0.2) is 48.3 Å². The Morgan fingerprint density at radius 3 is 2.78 bits per heavy atom. The predicted octanol–water partition coefficient (Wildman–Crippen LogP) is 1.77. The van der Waals surface area contributed by atoms with Crippen molar-refractivity contribution in [1.29, 1.82) is 0 Å². The molecule has 1 N–H and O–H groups in total. The van der Waals surface area contributed by atoms with E-state index in [1.807, 2.05) is 0 Å². The second-order valence-electron chi connectivity index (χ2n) is 7.12. The monoisotopic (exact) mass is 250 g/mol. The van der Waals surface area contributed by atoms with Crippen molar-refractivity contribution in [3.8, 4) is 0 Å². The summed E-state index contributed by atoms with van der Waals surface area (Å²) in [6.45, 7) is 6.17. The van der Waals surface area contributed by atoms with Crippen molar-refractivity contribution >= 4 is 0 Å². The zero-order valence-electron chi connectivity index (χ0n) is 11.5. The quantitative estimate of drug-likeness (QED) is 0.808. The molecule has 4 rings (SSSR count). The lowest BCUT2D eigenvalue weighted by Gasteiger charge is -2.38. The summed E-state index contributed by atoms with van der Waals surface area (Å²) in [6, 6.07) is 0.724. The molecule has 4 aliphatic rings. The number of hydrogen-bond donors (Lipinski definition) is 1. The third-order valence-electron chi connectivity index (χ3n) is 5.70. The van der Waals surface area contributed by atoms with Crippen molar-refractivity contribution in [2.24, 2.45) is 5.92 Å². The van der Waals surface area contributed by atoms with Crippen LogP contribution in [0.25, 0.3) is 0 Å². The summed E-state index contributed by atoms with van der Waals surface area (Å²) in [5, 5.41) is 3.83. The van der Waals surface area contributed by atoms with E-state index in [0.29, 0.717) is 17.7 Å². The van der Waals surface area contributed by atoms with Gasteiger partial charge >= 0.3 is 0 Å². The molecule has 1 aliphatic carbocycles. The molecule has 3 heterocycles. The summed E-state index contributed by atoms with van der Waals surface area (Å²) in [5.41, 5.74) is 0.373. The lowest BCUT2D eigenvalue weighted by molar-refractivity contribution is 0.0619. The third-order valence-corrected chi connectivity index (χ3v) is 5.70. The summed E-state index contributed by atoms with van der Waals surface area (Å²) in [4.78, 5) is 2.77. The van der Waals surface area contributed by atoms with E-state index in [1.165, 1.54) is 58.2 Å². The molecule has 4 atom stereocenters. The molecule has 2 bridgehead atoms. The van der Waals surface area contributed by atoms with Gasteiger partial charge in [0.1, 0.15) is 0 Å². The van der Waals surface area contributed by atoms with E-state index in [9.17, 15) is 0 Å². The Labute approximate surface area is 110 Å². The minimum atomic E-state index is 0.373. The molecule has 3 heteroatoms. The number of nitrogens with one attached hydrogen (secondary N) is 1. The van der Waals surface area contributed by atoms with E-state index in [1.54, 1.807) is 0 Å². The maximum absolute atomic E-state index is 6.06. The lowest BCUT2D eigenvalue weighted by atomic mass is 9.90. The van der Waals surface area contributed by atoms with Crippen LogP contribution in [0.5, 0.6) is 0 Å². The van der Waals surface area contributed by atoms with Crippen LogP contribution in [-0.2, 0) is 4.74 Å². The van der Waals surface area contributed by atoms with Crippen molar-refractivity contribution in [3.05, 3.63) is 0 Å². The zero-order chi connectivity index (χ0) is 12.2. The molecule has 0 radical (unpaired) electrons. The van der Waals surface area contributed by atoms with Crippen LogP contribution < -0.4 is 5.32 Å². The van der Waals surface area contributed by atoms with Gasteiger partial charge in [-0.2, -0.15) is 0 Å². The van der Waals surface area contributed by atoms with Crippen molar-refractivity contribution in [1.82, 2.24) is 10.2 Å². The normalized spacial score (nSPS) is 49.5. The maximum atomic E-state index is 6.06. The topological polar surface area (TPSA) is 24.5 Å². The van der Waals surface area contributed by atoms with E-state index in [4.69, 9.17) is 4.74 Å². The molecule has 0 aromatic heterocycles. The molecule has 3 aliphatic heterocycles. The van der Waals surface area contributed by atoms with Gasteiger partial charge in [-0.15, -0.1) is 0 Å². The Bertz CT molecular complexity index is 330. The molecule has 0 spiro atoms. The molecular weight excluding hydrogens is 224 g/mol. The number of fused-ring (bicyclic) bond motifs is 2. The highest BCUT2D eigenvalue weighted by molar-refractivity contribution is 5.04. The molecule has 0 aromatic rings. The van der Waals surface area contributed by atoms with Crippen molar-refractivity contribution < 1.29 is 4.74 Å². The Morgan fingerprint density at radius 1 is 1.22 bits per heavy atom. The molecule has 4 unspecified atom stereocenters. The van der Waals surface area contributed by atoms with Crippen molar-refractivity contribution in [2.45, 2.75) is 69.2 Å². The van der Waals surface area contributed by atoms with Gasteiger partial charge in [-0.25, -0.2) is 0 Å². The van der Waals surface area contributed by atoms with Crippen LogP contribution in [0.2, 0.25) is 0 Å². The summed E-state index contributed by atoms with van der Waals surface area (Å²) < 4.78 is 6.06. The van der Waals surface area contributed by atoms with Crippen molar-refractivity contribution in [2.75, 3.05) is 19.6 Å². The summed E-state index contributed by atoms with van der Waals surface area (Å²) >= 11 is 0. The second-order valence-corrected chi connectivity index (χ2v) is 7.12. The standard InChI is InChI=1S/C15H26N2O/c1-15(11-3-4-11)10-17(8-2-7-16-15)13-9-12-5-6-14(13)18-12/h11-14,16H,2-10H2,1H3. The van der Waals surface area contributed by atoms with E-state index < -0.39 is 0 Å². The second kappa shape index (κ2) is 4.19. The van der Waals surface area contributed by atoms with E-state index >= 15 is 0 Å². The van der Waals surface area contributed by atoms with Crippen molar-refractivity contribution in [3.63, 3.8) is 0 Å². The molecule has 102 valence electrons. The Morgan fingerprint density at radius 2 is 2.11 bits per heavy atom. The van der Waals surface area contributed by atoms with Crippen LogP contribution in [0.1, 0.15) is 45.4 Å². The average molecular weight is 250 g/mol. The highest BCUT2D eigenvalue weighted by atomic mass is 16.5. The van der Waals surface area contributed by atoms with E-state index in [-0.39, 0.29) is 0 Å². The average Bonchev–Trinajstić information content (AvgIpc) is 3.08. The van der Waals surface area contributed by atoms with Crippen LogP contribution in [0.4, 0.5) is 0 Å². The molecule has 0 aromatic carbocycles. The highest BCUT2D eigenvalue weighted by Gasteiger charge is 2.48. The van der Waals surface area contributed by atoms with Crippen LogP contribution in [0.15, 0.2) is 0 Å². The van der Waals surface area contributed by atoms with Gasteiger partial charge in [0, 0.05) is 18.1 Å². The fourth-order valence-corrected chi connectivity index (χ4v) is 4.49. The summed E-state index contributed by atoms with van der Waals surface area (Å²) in [7, 11) is 0. The van der Waals surface area contributed by atoms with Gasteiger partial charge < -0.3 is 10.1 Å². The smallest absolute Gasteiger partial charge is 0.0735 e. The van der Waals surface area contributed by atoms with E-state index in [0.717, 1.165) is 12.0 Å². The Hall–Kier alpha value is -0.120. The molecule has 3 saturated heterocycles. The Kier molecular flexibility index (Phi) is 2.72. The van der Waals surface area contributed by atoms with Gasteiger partial charge in [-0.3, -0.25) is 4.90 Å². The minimum Gasteiger partial charge on any atom is -0.373 e. The van der Waals surface area contributed by atoms with Gasteiger partial charge in [0.25, 0.3) is 0 Å². The maximum Gasteiger partial charge on any atom is 0.0735 e. The SMILES string of the molecule is CC1(C2CC2)CN(C2CC3CCC2O3)CCCN1. The highest BCUT2D eigenvalue weighted by Crippen LogP contribution is 2.43. The first-order valence-electron chi connectivity index (χ1n) is 7.89. The molecular formula is C15H26N2O. The first-order chi connectivity index (χ1) is 8.74. The fraction of sp³-hybridized carbons (Fsp3) is 1.00. The summed E-state index contributed by atoms with van der Waals surface area (Å²) in [6.07, 6.45) is 9.23. The predicted molar refractivity (Wildman–Crippen MR) is 71.6 cm³/mol. The van der Waals surface area contributed by atoms with Crippen LogP contribution >= 0.6 is 0 Å². The van der Waals surface area contributed by atoms with Gasteiger partial charge in [-0.1, -0.05) is 0 Å². The molecule has 4 fully saturated rings. The first kappa shape index (κ1) is 11.7. The molecule has 0 amide bonds. The number of hydrogen-bond acceptors (Lipinski definition) is 3. The largest absolute Gasteiger partial charge is 0.373 e. The first-order valence-corrected chi connectivity index (χ1v) is 7.89. The molecule has 18 heavy (non-hydrogen) atoms. The third kappa shape index (κ3) is 1.91. The van der Waals surface area contributed by atoms with Crippen LogP contribution in [0, 0.1) is 5.92 Å². The summed E-state index contributed by atoms with van der Waals surface area (Å²) in [5.74, 6) is 0.928. The van der Waals surface area contributed by atoms with Gasteiger partial charge in [0.05, 0.1) is 12.2 Å². The number of nitrogens with zero attached hydrogens (tertiary/aromatic N) is 1. The van der Waals surface area contributed by atoms with E-state index in [2.05, 4.69) is 17.1 Å². The molecule has 3 nitrogen and oxygen atoms in total. The van der Waals surface area contributed by atoms with Gasteiger partial charge in [-0.05, 0) is 64.5 Å². The zero-order valence-corrected chi connectivity index (χ0v) is 11.5. The van der Waals surface area contributed by atoms with Gasteiger partial charge in [0.15, 0.2) is 0 Å².